The van der Waals surface area contributed by atoms with E-state index >= 15 is 0 Å². The number of benzene rings is 1. The molecule has 0 saturated carbocycles. The van der Waals surface area contributed by atoms with Crippen molar-refractivity contribution in [1.82, 2.24) is 14.5 Å². The van der Waals surface area contributed by atoms with E-state index in [1.54, 1.807) is 24.3 Å². The van der Waals surface area contributed by atoms with Crippen LogP contribution in [0.3, 0.4) is 0 Å². The molecular weight excluding hydrogens is 398 g/mol. The Balaban J connectivity index is 1.44. The van der Waals surface area contributed by atoms with Crippen LogP contribution in [0.15, 0.2) is 48.9 Å². The highest BCUT2D eigenvalue weighted by molar-refractivity contribution is 5.89. The number of carbonyl (C=O) groups excluding carboxylic acids is 1. The summed E-state index contributed by atoms with van der Waals surface area (Å²) in [5, 5.41) is 0.949. The van der Waals surface area contributed by atoms with Crippen molar-refractivity contribution in [3.8, 4) is 0 Å². The molecule has 0 unspecified atom stereocenters. The molecule has 0 radical (unpaired) electrons. The average molecular weight is 423 g/mol. The molecule has 5 rings (SSSR count). The summed E-state index contributed by atoms with van der Waals surface area (Å²) >= 11 is 0. The quantitative estimate of drug-likeness (QED) is 0.595. The first kappa shape index (κ1) is 20.1. The Morgan fingerprint density at radius 2 is 1.94 bits per heavy atom. The minimum absolute atomic E-state index is 0.0455. The molecule has 2 fully saturated rings. The van der Waals surface area contributed by atoms with Crippen LogP contribution >= 0.6 is 0 Å². The lowest BCUT2D eigenvalue weighted by molar-refractivity contribution is -0.214. The molecule has 4 atom stereocenters. The van der Waals surface area contributed by atoms with Gasteiger partial charge in [0.25, 0.3) is 0 Å². The fourth-order valence-corrected chi connectivity index (χ4v) is 4.53. The van der Waals surface area contributed by atoms with Crippen LogP contribution in [0.25, 0.3) is 11.0 Å². The Bertz CT molecular complexity index is 1130. The van der Waals surface area contributed by atoms with Crippen molar-refractivity contribution in [2.24, 2.45) is 0 Å². The van der Waals surface area contributed by atoms with Gasteiger partial charge in [-0.05, 0) is 45.9 Å². The Labute approximate surface area is 180 Å². The normalized spacial score (nSPS) is 29.2. The zero-order chi connectivity index (χ0) is 21.8. The standard InChI is InChI=1S/C23H25N3O5/c1-14-16-10-11-26(19(16)25-13-24-14)20-18-23(4,31-22(2,3)30-18)17(29-20)12-28-21(27)15-8-6-5-7-9-15/h5-11,13,17-18,20H,12H2,1-4H3/t17-,18+,20-,23-/m1/s1. The van der Waals surface area contributed by atoms with Gasteiger partial charge in [0, 0.05) is 11.6 Å². The molecule has 0 N–H and O–H groups in total. The van der Waals surface area contributed by atoms with E-state index in [0.29, 0.717) is 5.56 Å². The summed E-state index contributed by atoms with van der Waals surface area (Å²) in [6.07, 6.45) is 2.05. The van der Waals surface area contributed by atoms with Gasteiger partial charge in [0.2, 0.25) is 0 Å². The van der Waals surface area contributed by atoms with Gasteiger partial charge in [-0.1, -0.05) is 18.2 Å². The molecule has 1 aromatic carbocycles. The van der Waals surface area contributed by atoms with Crippen molar-refractivity contribution < 1.29 is 23.7 Å². The average Bonchev–Trinajstić information content (AvgIpc) is 3.35. The highest BCUT2D eigenvalue weighted by Gasteiger charge is 2.64. The van der Waals surface area contributed by atoms with Crippen LogP contribution in [0.2, 0.25) is 0 Å². The molecule has 162 valence electrons. The van der Waals surface area contributed by atoms with Crippen molar-refractivity contribution in [2.75, 3.05) is 6.61 Å². The van der Waals surface area contributed by atoms with Crippen molar-refractivity contribution in [3.63, 3.8) is 0 Å². The van der Waals surface area contributed by atoms with Crippen LogP contribution in [0, 0.1) is 6.92 Å². The van der Waals surface area contributed by atoms with Crippen LogP contribution < -0.4 is 0 Å². The van der Waals surface area contributed by atoms with Gasteiger partial charge < -0.3 is 23.5 Å². The third kappa shape index (κ3) is 3.31. The molecule has 8 nitrogen and oxygen atoms in total. The van der Waals surface area contributed by atoms with Crippen LogP contribution in [0.4, 0.5) is 0 Å². The van der Waals surface area contributed by atoms with Gasteiger partial charge in [0.1, 0.15) is 36.4 Å². The number of hydrogen-bond acceptors (Lipinski definition) is 7. The summed E-state index contributed by atoms with van der Waals surface area (Å²) in [6.45, 7) is 7.68. The monoisotopic (exact) mass is 423 g/mol. The summed E-state index contributed by atoms with van der Waals surface area (Å²) in [5.41, 5.74) is 1.34. The third-order valence-electron chi connectivity index (χ3n) is 6.00. The molecule has 8 heteroatoms. The fourth-order valence-electron chi connectivity index (χ4n) is 4.53. The van der Waals surface area contributed by atoms with E-state index in [-0.39, 0.29) is 6.61 Å². The predicted molar refractivity (Wildman–Crippen MR) is 111 cm³/mol. The lowest BCUT2D eigenvalue weighted by Crippen LogP contribution is -2.45. The Kier molecular flexibility index (Phi) is 4.62. The first-order valence-corrected chi connectivity index (χ1v) is 10.3. The van der Waals surface area contributed by atoms with Gasteiger partial charge in [-0.3, -0.25) is 0 Å². The van der Waals surface area contributed by atoms with Crippen molar-refractivity contribution in [2.45, 2.75) is 57.5 Å². The highest BCUT2D eigenvalue weighted by Crippen LogP contribution is 2.50. The molecule has 2 aromatic heterocycles. The molecule has 0 aliphatic carbocycles. The second kappa shape index (κ2) is 7.12. The van der Waals surface area contributed by atoms with E-state index in [1.165, 1.54) is 6.33 Å². The van der Waals surface area contributed by atoms with E-state index in [2.05, 4.69) is 9.97 Å². The number of rotatable bonds is 4. The zero-order valence-corrected chi connectivity index (χ0v) is 17.9. The maximum absolute atomic E-state index is 12.5. The zero-order valence-electron chi connectivity index (χ0n) is 17.9. The van der Waals surface area contributed by atoms with Gasteiger partial charge >= 0.3 is 5.97 Å². The van der Waals surface area contributed by atoms with Crippen LogP contribution in [-0.4, -0.2) is 50.7 Å². The van der Waals surface area contributed by atoms with Crippen LogP contribution in [0.5, 0.6) is 0 Å². The molecule has 2 saturated heterocycles. The number of ether oxygens (including phenoxy) is 4. The number of fused-ring (bicyclic) bond motifs is 2. The maximum atomic E-state index is 12.5. The van der Waals surface area contributed by atoms with E-state index < -0.39 is 35.8 Å². The van der Waals surface area contributed by atoms with Gasteiger partial charge in [-0.2, -0.15) is 0 Å². The molecule has 2 aliphatic heterocycles. The molecular formula is C23H25N3O5. The topological polar surface area (TPSA) is 84.7 Å². The van der Waals surface area contributed by atoms with E-state index in [1.807, 2.05) is 50.6 Å². The van der Waals surface area contributed by atoms with Crippen molar-refractivity contribution >= 4 is 17.0 Å². The number of aromatic nitrogens is 3. The summed E-state index contributed by atoms with van der Waals surface area (Å²) in [4.78, 5) is 21.2. The molecule has 0 spiro atoms. The van der Waals surface area contributed by atoms with Gasteiger partial charge in [0.15, 0.2) is 12.0 Å². The molecule has 0 amide bonds. The molecule has 3 aromatic rings. The summed E-state index contributed by atoms with van der Waals surface area (Å²) in [7, 11) is 0. The molecule has 31 heavy (non-hydrogen) atoms. The summed E-state index contributed by atoms with van der Waals surface area (Å²) in [6, 6.07) is 10.9. The second-order valence-electron chi connectivity index (χ2n) is 8.62. The third-order valence-corrected chi connectivity index (χ3v) is 6.00. The fraction of sp³-hybridized carbons (Fsp3) is 0.435. The largest absolute Gasteiger partial charge is 0.459 e. The van der Waals surface area contributed by atoms with Crippen LogP contribution in [-0.2, 0) is 18.9 Å². The first-order chi connectivity index (χ1) is 14.8. The molecule has 4 heterocycles. The van der Waals surface area contributed by atoms with Gasteiger partial charge in [0.05, 0.1) is 11.3 Å². The molecule has 0 bridgehead atoms. The second-order valence-corrected chi connectivity index (χ2v) is 8.62. The lowest BCUT2D eigenvalue weighted by Gasteiger charge is -2.29. The smallest absolute Gasteiger partial charge is 0.338 e. The number of carbonyl (C=O) groups is 1. The van der Waals surface area contributed by atoms with E-state index in [9.17, 15) is 4.79 Å². The Morgan fingerprint density at radius 1 is 1.16 bits per heavy atom. The molecule has 2 aliphatic rings. The van der Waals surface area contributed by atoms with Crippen LogP contribution in [0.1, 0.15) is 43.1 Å². The predicted octanol–water partition coefficient (Wildman–Crippen LogP) is 3.40. The summed E-state index contributed by atoms with van der Waals surface area (Å²) < 4.78 is 26.5. The minimum Gasteiger partial charge on any atom is -0.459 e. The van der Waals surface area contributed by atoms with Gasteiger partial charge in [-0.25, -0.2) is 14.8 Å². The highest BCUT2D eigenvalue weighted by atomic mass is 16.8. The van der Waals surface area contributed by atoms with Crippen molar-refractivity contribution in [1.29, 1.82) is 0 Å². The first-order valence-electron chi connectivity index (χ1n) is 10.3. The maximum Gasteiger partial charge on any atom is 0.338 e. The Hall–Kier alpha value is -2.81. The SMILES string of the molecule is Cc1ncnc2c1ccn2[C@@H]1O[C@H](COC(=O)c2ccccc2)[C@@]2(C)OC(C)(C)O[C@@H]12. The minimum atomic E-state index is -0.802. The van der Waals surface area contributed by atoms with Crippen molar-refractivity contribution in [3.05, 3.63) is 60.2 Å². The van der Waals surface area contributed by atoms with Gasteiger partial charge in [-0.15, -0.1) is 0 Å². The van der Waals surface area contributed by atoms with E-state index in [4.69, 9.17) is 18.9 Å². The Morgan fingerprint density at radius 3 is 2.71 bits per heavy atom. The number of nitrogens with zero attached hydrogens (tertiary/aromatic N) is 3. The van der Waals surface area contributed by atoms with E-state index in [0.717, 1.165) is 16.7 Å². The number of esters is 1. The lowest BCUT2D eigenvalue weighted by atomic mass is 9.95. The number of hydrogen-bond donors (Lipinski definition) is 0. The number of aryl methyl sites for hydroxylation is 1. The summed E-state index contributed by atoms with van der Waals surface area (Å²) in [5.74, 6) is -1.20.